The fourth-order valence-corrected chi connectivity index (χ4v) is 2.99. The highest BCUT2D eigenvalue weighted by Gasteiger charge is 2.33. The average molecular weight is 212 g/mol. The number of hydrogen-bond donors (Lipinski definition) is 1. The zero-order chi connectivity index (χ0) is 11.6. The van der Waals surface area contributed by atoms with Gasteiger partial charge < -0.3 is 5.73 Å². The Kier molecular flexibility index (Phi) is 4.60. The third-order valence-corrected chi connectivity index (χ3v) is 4.08. The zero-order valence-electron chi connectivity index (χ0n) is 11.0. The van der Waals surface area contributed by atoms with Gasteiger partial charge in [-0.05, 0) is 31.1 Å². The summed E-state index contributed by atoms with van der Waals surface area (Å²) in [7, 11) is 0. The topological polar surface area (TPSA) is 29.3 Å². The smallest absolute Gasteiger partial charge is 0.0244 e. The summed E-state index contributed by atoms with van der Waals surface area (Å²) in [5.41, 5.74) is 5.92. The van der Waals surface area contributed by atoms with Gasteiger partial charge in [0.2, 0.25) is 0 Å². The van der Waals surface area contributed by atoms with E-state index in [2.05, 4.69) is 39.5 Å². The van der Waals surface area contributed by atoms with E-state index >= 15 is 0 Å². The Morgan fingerprint density at radius 1 is 1.27 bits per heavy atom. The number of hydrogen-bond acceptors (Lipinski definition) is 2. The average Bonchev–Trinajstić information content (AvgIpc) is 2.13. The standard InChI is InChI=1S/C13H28N2/c1-9(2)13(7-14)15-8-10(3)6-11(4)12(15)5/h9-13H,6-8,14H2,1-5H3. The van der Waals surface area contributed by atoms with E-state index < -0.39 is 0 Å². The molecule has 1 rings (SSSR count). The second-order valence-electron chi connectivity index (χ2n) is 5.80. The molecule has 2 heteroatoms. The molecule has 2 N–H and O–H groups in total. The molecule has 90 valence electrons. The minimum atomic E-state index is 0.560. The van der Waals surface area contributed by atoms with Crippen molar-refractivity contribution in [3.05, 3.63) is 0 Å². The van der Waals surface area contributed by atoms with Crippen LogP contribution in [-0.2, 0) is 0 Å². The quantitative estimate of drug-likeness (QED) is 0.778. The molecule has 0 aromatic heterocycles. The summed E-state index contributed by atoms with van der Waals surface area (Å²) in [5, 5.41) is 0. The lowest BCUT2D eigenvalue weighted by molar-refractivity contribution is 0.0260. The molecule has 0 radical (unpaired) electrons. The molecular formula is C13H28N2. The van der Waals surface area contributed by atoms with Crippen LogP contribution in [0.5, 0.6) is 0 Å². The summed E-state index contributed by atoms with van der Waals surface area (Å²) in [5.74, 6) is 2.29. The molecule has 1 aliphatic heterocycles. The van der Waals surface area contributed by atoms with E-state index in [1.807, 2.05) is 0 Å². The molecule has 0 amide bonds. The second kappa shape index (κ2) is 5.31. The fourth-order valence-electron chi connectivity index (χ4n) is 2.99. The lowest BCUT2D eigenvalue weighted by Gasteiger charge is -2.46. The molecular weight excluding hydrogens is 184 g/mol. The lowest BCUT2D eigenvalue weighted by atomic mass is 9.83. The van der Waals surface area contributed by atoms with Gasteiger partial charge in [0.15, 0.2) is 0 Å². The van der Waals surface area contributed by atoms with Gasteiger partial charge in [0.1, 0.15) is 0 Å². The number of nitrogens with two attached hydrogens (primary N) is 1. The van der Waals surface area contributed by atoms with Crippen LogP contribution in [0.15, 0.2) is 0 Å². The van der Waals surface area contributed by atoms with E-state index in [0.29, 0.717) is 18.0 Å². The van der Waals surface area contributed by atoms with E-state index in [-0.39, 0.29) is 0 Å². The first kappa shape index (κ1) is 13.0. The van der Waals surface area contributed by atoms with Crippen molar-refractivity contribution in [3.8, 4) is 0 Å². The van der Waals surface area contributed by atoms with Crippen molar-refractivity contribution in [2.45, 2.75) is 53.1 Å². The van der Waals surface area contributed by atoms with Crippen LogP contribution >= 0.6 is 0 Å². The van der Waals surface area contributed by atoms with Gasteiger partial charge in [0.25, 0.3) is 0 Å². The summed E-state index contributed by atoms with van der Waals surface area (Å²) in [6.45, 7) is 13.7. The summed E-state index contributed by atoms with van der Waals surface area (Å²) < 4.78 is 0. The molecule has 15 heavy (non-hydrogen) atoms. The van der Waals surface area contributed by atoms with Crippen LogP contribution in [-0.4, -0.2) is 30.1 Å². The summed E-state index contributed by atoms with van der Waals surface area (Å²) >= 11 is 0. The Balaban J connectivity index is 2.72. The van der Waals surface area contributed by atoms with Crippen LogP contribution in [0.3, 0.4) is 0 Å². The molecule has 0 aromatic rings. The first-order chi connectivity index (χ1) is 6.97. The predicted molar refractivity (Wildman–Crippen MR) is 66.8 cm³/mol. The van der Waals surface area contributed by atoms with E-state index in [1.54, 1.807) is 0 Å². The van der Waals surface area contributed by atoms with E-state index in [9.17, 15) is 0 Å². The Labute approximate surface area is 95.2 Å². The third-order valence-electron chi connectivity index (χ3n) is 4.08. The monoisotopic (exact) mass is 212 g/mol. The molecule has 0 bridgehead atoms. The van der Waals surface area contributed by atoms with Crippen LogP contribution in [0, 0.1) is 17.8 Å². The van der Waals surface area contributed by atoms with Crippen LogP contribution in [0.25, 0.3) is 0 Å². The highest BCUT2D eigenvalue weighted by Crippen LogP contribution is 2.29. The molecule has 1 aliphatic rings. The zero-order valence-corrected chi connectivity index (χ0v) is 11.0. The number of nitrogens with zero attached hydrogens (tertiary/aromatic N) is 1. The highest BCUT2D eigenvalue weighted by molar-refractivity contribution is 4.88. The molecule has 2 nitrogen and oxygen atoms in total. The fraction of sp³-hybridized carbons (Fsp3) is 1.00. The van der Waals surface area contributed by atoms with Gasteiger partial charge >= 0.3 is 0 Å². The van der Waals surface area contributed by atoms with Crippen molar-refractivity contribution in [3.63, 3.8) is 0 Å². The van der Waals surface area contributed by atoms with Gasteiger partial charge in [-0.3, -0.25) is 4.90 Å². The van der Waals surface area contributed by atoms with E-state index in [4.69, 9.17) is 5.73 Å². The van der Waals surface area contributed by atoms with Gasteiger partial charge in [-0.25, -0.2) is 0 Å². The Morgan fingerprint density at radius 2 is 1.87 bits per heavy atom. The largest absolute Gasteiger partial charge is 0.329 e. The van der Waals surface area contributed by atoms with E-state index in [1.165, 1.54) is 13.0 Å². The van der Waals surface area contributed by atoms with Gasteiger partial charge in [0, 0.05) is 25.2 Å². The molecule has 1 heterocycles. The van der Waals surface area contributed by atoms with E-state index in [0.717, 1.165) is 18.4 Å². The van der Waals surface area contributed by atoms with Crippen molar-refractivity contribution in [1.82, 2.24) is 4.90 Å². The number of likely N-dealkylation sites (tertiary alicyclic amines) is 1. The molecule has 1 fully saturated rings. The highest BCUT2D eigenvalue weighted by atomic mass is 15.2. The maximum Gasteiger partial charge on any atom is 0.0244 e. The third kappa shape index (κ3) is 2.94. The predicted octanol–water partition coefficient (Wildman–Crippen LogP) is 2.34. The SMILES string of the molecule is CC1CC(C)C(C)N(C(CN)C(C)C)C1. The minimum Gasteiger partial charge on any atom is -0.329 e. The van der Waals surface area contributed by atoms with Gasteiger partial charge in [-0.15, -0.1) is 0 Å². The molecule has 4 unspecified atom stereocenters. The maximum atomic E-state index is 5.92. The van der Waals surface area contributed by atoms with Crippen molar-refractivity contribution in [2.24, 2.45) is 23.5 Å². The number of rotatable bonds is 3. The van der Waals surface area contributed by atoms with Crippen molar-refractivity contribution < 1.29 is 0 Å². The molecule has 1 saturated heterocycles. The molecule has 0 saturated carbocycles. The summed E-state index contributed by atoms with van der Waals surface area (Å²) in [6, 6.07) is 1.25. The van der Waals surface area contributed by atoms with Gasteiger partial charge in [-0.2, -0.15) is 0 Å². The molecule has 0 aliphatic carbocycles. The Bertz CT molecular complexity index is 191. The molecule has 0 aromatic carbocycles. The van der Waals surface area contributed by atoms with Gasteiger partial charge in [0.05, 0.1) is 0 Å². The van der Waals surface area contributed by atoms with Crippen molar-refractivity contribution in [1.29, 1.82) is 0 Å². The van der Waals surface area contributed by atoms with Crippen LogP contribution in [0.1, 0.15) is 41.0 Å². The Morgan fingerprint density at radius 3 is 2.33 bits per heavy atom. The second-order valence-corrected chi connectivity index (χ2v) is 5.80. The first-order valence-electron chi connectivity index (χ1n) is 6.43. The Hall–Kier alpha value is -0.0800. The first-order valence-corrected chi connectivity index (χ1v) is 6.43. The number of piperidine rings is 1. The minimum absolute atomic E-state index is 0.560. The summed E-state index contributed by atoms with van der Waals surface area (Å²) in [4.78, 5) is 2.64. The van der Waals surface area contributed by atoms with Crippen LogP contribution in [0.2, 0.25) is 0 Å². The van der Waals surface area contributed by atoms with Gasteiger partial charge in [-0.1, -0.05) is 27.7 Å². The molecule has 0 spiro atoms. The van der Waals surface area contributed by atoms with Crippen LogP contribution in [0.4, 0.5) is 0 Å². The normalized spacial score (nSPS) is 35.8. The van der Waals surface area contributed by atoms with Crippen LogP contribution < -0.4 is 5.73 Å². The van der Waals surface area contributed by atoms with Crippen molar-refractivity contribution >= 4 is 0 Å². The molecule has 4 atom stereocenters. The van der Waals surface area contributed by atoms with Crippen molar-refractivity contribution in [2.75, 3.05) is 13.1 Å². The maximum absolute atomic E-state index is 5.92. The summed E-state index contributed by atoms with van der Waals surface area (Å²) in [6.07, 6.45) is 1.37. The lowest BCUT2D eigenvalue weighted by Crippen LogP contribution is -2.55.